The number of hydrogen-bond acceptors (Lipinski definition) is 6. The average molecular weight is 1520 g/mol. The van der Waals surface area contributed by atoms with Gasteiger partial charge in [0.05, 0.1) is 34.2 Å². The highest BCUT2D eigenvalue weighted by Crippen LogP contribution is 2.59. The van der Waals surface area contributed by atoms with E-state index in [1.165, 1.54) is 336 Å². The predicted molar refractivity (Wildman–Crippen MR) is 487 cm³/mol. The minimum atomic E-state index is -0.0328. The van der Waals surface area contributed by atoms with E-state index in [1.807, 2.05) is 0 Å². The van der Waals surface area contributed by atoms with Crippen molar-refractivity contribution < 1.29 is 0 Å². The van der Waals surface area contributed by atoms with Crippen LogP contribution in [0.4, 0.5) is 0 Å². The fourth-order valence-corrected chi connectivity index (χ4v) is 21.3. The van der Waals surface area contributed by atoms with Crippen LogP contribution in [0.25, 0.3) is 101 Å². The highest BCUT2D eigenvalue weighted by molar-refractivity contribution is 5.91. The molecule has 0 spiro atoms. The number of benzene rings is 7. The molecule has 0 amide bonds. The molecule has 114 heavy (non-hydrogen) atoms. The van der Waals surface area contributed by atoms with Gasteiger partial charge < -0.3 is 0 Å². The van der Waals surface area contributed by atoms with Crippen molar-refractivity contribution in [2.24, 2.45) is 0 Å². The standard InChI is InChI=1S/C108H138N6/c1-10-16-22-28-34-46-70-106(71-47-35-29-23-17-11-2)91-55-43-40-52-85(91)88-61-58-82(76-94(88)106)97-64-67-100(112-109-97)103-79(7)104(101-68-65-98(110-113-101)83-59-62-89-86-53-41-44-56-92(86)107(95(89)77-83,72-48-36-30-24-18-12-3)73-49-37-31-25-19-13-4)81(9)105(80(103)8)102-69-66-99(111-114-102)84-60-63-90-87-54-42-45-57-93(87)108(96(90)78-84,74-50-38-32-26-20-14-5)75-51-39-33-27-21-15-6/h40-45,52-69,76-78H,10-39,46-51,70-75H2,1-9H3. The third-order valence-electron chi connectivity index (χ3n) is 27.4. The number of nitrogens with zero attached hydrogens (tertiary/aromatic N) is 6. The molecule has 0 radical (unpaired) electrons. The molecule has 600 valence electrons. The van der Waals surface area contributed by atoms with Crippen molar-refractivity contribution >= 4 is 0 Å². The number of unbranched alkanes of at least 4 members (excludes halogenated alkanes) is 30. The van der Waals surface area contributed by atoms with Gasteiger partial charge in [-0.3, -0.25) is 0 Å². The van der Waals surface area contributed by atoms with Gasteiger partial charge in [-0.2, -0.15) is 0 Å². The van der Waals surface area contributed by atoms with Gasteiger partial charge in [0.25, 0.3) is 0 Å². The fourth-order valence-electron chi connectivity index (χ4n) is 21.3. The van der Waals surface area contributed by atoms with Gasteiger partial charge in [-0.25, -0.2) is 0 Å². The number of rotatable bonds is 48. The van der Waals surface area contributed by atoms with E-state index in [-0.39, 0.29) is 16.2 Å². The normalized spacial score (nSPS) is 13.8. The van der Waals surface area contributed by atoms with Crippen molar-refractivity contribution in [3.63, 3.8) is 0 Å². The van der Waals surface area contributed by atoms with E-state index in [1.54, 1.807) is 0 Å². The molecule has 3 heterocycles. The van der Waals surface area contributed by atoms with Gasteiger partial charge in [0, 0.05) is 49.6 Å². The molecule has 3 aliphatic carbocycles. The van der Waals surface area contributed by atoms with Gasteiger partial charge in [0.1, 0.15) is 0 Å². The summed E-state index contributed by atoms with van der Waals surface area (Å²) in [6.45, 7) is 20.7. The average Bonchev–Trinajstić information content (AvgIpc) is 1.53. The van der Waals surface area contributed by atoms with Crippen molar-refractivity contribution in [3.05, 3.63) is 214 Å². The third-order valence-corrected chi connectivity index (χ3v) is 27.4. The second-order valence-electron chi connectivity index (χ2n) is 35.2. The van der Waals surface area contributed by atoms with Crippen LogP contribution in [-0.4, -0.2) is 30.6 Å². The van der Waals surface area contributed by atoms with E-state index >= 15 is 0 Å². The Morgan fingerprint density at radius 3 is 0.605 bits per heavy atom. The lowest BCUT2D eigenvalue weighted by Gasteiger charge is -2.33. The quantitative estimate of drug-likeness (QED) is 0.0354. The minimum Gasteiger partial charge on any atom is -0.150 e. The second-order valence-corrected chi connectivity index (χ2v) is 35.2. The summed E-state index contributed by atoms with van der Waals surface area (Å²) < 4.78 is 0. The van der Waals surface area contributed by atoms with E-state index in [0.717, 1.165) is 84.2 Å². The van der Waals surface area contributed by atoms with E-state index in [4.69, 9.17) is 30.6 Å². The summed E-state index contributed by atoms with van der Waals surface area (Å²) in [7, 11) is 0. The minimum absolute atomic E-state index is 0.0328. The van der Waals surface area contributed by atoms with Crippen LogP contribution in [0.15, 0.2) is 164 Å². The molecule has 10 aromatic rings. The largest absolute Gasteiger partial charge is 0.150 e. The molecular formula is C108H138N6. The smallest absolute Gasteiger partial charge is 0.0935 e. The first-order valence-corrected chi connectivity index (χ1v) is 46.5. The Morgan fingerprint density at radius 2 is 0.386 bits per heavy atom. The van der Waals surface area contributed by atoms with Gasteiger partial charge in [0.2, 0.25) is 0 Å². The SMILES string of the molecule is CCCCCCCCC1(CCCCCCCC)c2ccccc2-c2ccc(-c3ccc(-c4c(C)c(-c5ccc(-c6ccc7c(c6)C(CCCCCCCC)(CCCCCCCC)c6ccccc6-7)nn5)c(C)c(-c5ccc(-c6ccc7c(c6)C(CCCCCCCC)(CCCCCCCC)c6ccccc6-7)nn5)c4C)nn3)cc21. The van der Waals surface area contributed by atoms with Crippen LogP contribution in [0, 0.1) is 20.8 Å². The van der Waals surface area contributed by atoms with Gasteiger partial charge in [-0.15, -0.1) is 30.6 Å². The second kappa shape index (κ2) is 41.1. The van der Waals surface area contributed by atoms with E-state index in [0.29, 0.717) is 0 Å². The van der Waals surface area contributed by atoms with Crippen LogP contribution >= 0.6 is 0 Å². The lowest BCUT2D eigenvalue weighted by molar-refractivity contribution is 0.398. The molecule has 0 atom stereocenters. The molecule has 7 aromatic carbocycles. The van der Waals surface area contributed by atoms with Crippen molar-refractivity contribution in [1.82, 2.24) is 30.6 Å². The van der Waals surface area contributed by atoms with E-state index in [9.17, 15) is 0 Å². The van der Waals surface area contributed by atoms with Gasteiger partial charge in [0.15, 0.2) is 0 Å². The van der Waals surface area contributed by atoms with Crippen molar-refractivity contribution in [2.75, 3.05) is 0 Å². The molecule has 0 saturated carbocycles. The zero-order valence-corrected chi connectivity index (χ0v) is 72.0. The first-order chi connectivity index (χ1) is 56.1. The Kier molecular flexibility index (Phi) is 30.2. The van der Waals surface area contributed by atoms with Gasteiger partial charge in [-0.1, -0.05) is 382 Å². The molecular weight excluding hydrogens is 1380 g/mol. The summed E-state index contributed by atoms with van der Waals surface area (Å²) in [5.74, 6) is 0. The Bertz CT molecular complexity index is 4170. The molecule has 0 N–H and O–H groups in total. The Labute approximate surface area is 689 Å². The monoisotopic (exact) mass is 1520 g/mol. The maximum Gasteiger partial charge on any atom is 0.0935 e. The molecule has 0 bridgehead atoms. The summed E-state index contributed by atoms with van der Waals surface area (Å²) in [5, 5.41) is 31.8. The summed E-state index contributed by atoms with van der Waals surface area (Å²) in [4.78, 5) is 0. The zero-order valence-electron chi connectivity index (χ0n) is 72.0. The van der Waals surface area contributed by atoms with Gasteiger partial charge >= 0.3 is 0 Å². The van der Waals surface area contributed by atoms with Crippen molar-refractivity contribution in [2.45, 2.75) is 348 Å². The highest BCUT2D eigenvalue weighted by Gasteiger charge is 2.46. The highest BCUT2D eigenvalue weighted by atomic mass is 15.1. The number of hydrogen-bond donors (Lipinski definition) is 0. The molecule has 3 aromatic heterocycles. The van der Waals surface area contributed by atoms with Crippen LogP contribution in [0.5, 0.6) is 0 Å². The first-order valence-electron chi connectivity index (χ1n) is 46.5. The van der Waals surface area contributed by atoms with Crippen LogP contribution in [0.1, 0.15) is 361 Å². The molecule has 13 rings (SSSR count). The van der Waals surface area contributed by atoms with Crippen LogP contribution < -0.4 is 0 Å². The summed E-state index contributed by atoms with van der Waals surface area (Å²) in [5.41, 5.74) is 32.3. The fraction of sp³-hybridized carbons (Fsp3) is 0.500. The molecule has 0 fully saturated rings. The maximum atomic E-state index is 5.32. The zero-order chi connectivity index (χ0) is 79.1. The van der Waals surface area contributed by atoms with Gasteiger partial charge in [-0.05, 0) is 197 Å². The predicted octanol–water partition coefficient (Wildman–Crippen LogP) is 32.3. The Balaban J connectivity index is 0.878. The topological polar surface area (TPSA) is 77.3 Å². The third kappa shape index (κ3) is 18.4. The maximum absolute atomic E-state index is 5.32. The number of fused-ring (bicyclic) bond motifs is 9. The molecule has 0 saturated heterocycles. The number of aromatic nitrogens is 6. The summed E-state index contributed by atoms with van der Waals surface area (Å²) >= 11 is 0. The molecule has 6 heteroatoms. The lowest BCUT2D eigenvalue weighted by atomic mass is 9.70. The Morgan fingerprint density at radius 1 is 0.193 bits per heavy atom. The Hall–Kier alpha value is -8.22. The van der Waals surface area contributed by atoms with Crippen molar-refractivity contribution in [3.8, 4) is 101 Å². The van der Waals surface area contributed by atoms with Crippen LogP contribution in [0.2, 0.25) is 0 Å². The lowest BCUT2D eigenvalue weighted by Crippen LogP contribution is -2.25. The van der Waals surface area contributed by atoms with E-state index in [2.05, 4.69) is 226 Å². The molecule has 0 unspecified atom stereocenters. The molecule has 6 nitrogen and oxygen atoms in total. The van der Waals surface area contributed by atoms with Crippen LogP contribution in [-0.2, 0) is 16.2 Å². The summed E-state index contributed by atoms with van der Waals surface area (Å²) in [6.07, 6.45) is 53.7. The van der Waals surface area contributed by atoms with Crippen LogP contribution in [0.3, 0.4) is 0 Å². The first kappa shape index (κ1) is 83.7. The van der Waals surface area contributed by atoms with Crippen molar-refractivity contribution in [1.29, 1.82) is 0 Å². The summed E-state index contributed by atoms with van der Waals surface area (Å²) in [6, 6.07) is 63.2. The molecule has 0 aliphatic heterocycles. The molecule has 3 aliphatic rings. The van der Waals surface area contributed by atoms with E-state index < -0.39 is 0 Å².